The molecular formula is C23H29FN4O2. The number of aromatic nitrogens is 2. The summed E-state index contributed by atoms with van der Waals surface area (Å²) in [6, 6.07) is 3.96. The van der Waals surface area contributed by atoms with Crippen LogP contribution in [-0.4, -0.2) is 46.9 Å². The minimum absolute atomic E-state index is 0.0890. The van der Waals surface area contributed by atoms with Crippen molar-refractivity contribution in [1.82, 2.24) is 14.7 Å². The van der Waals surface area contributed by atoms with Crippen molar-refractivity contribution in [3.05, 3.63) is 40.3 Å². The molecule has 4 heterocycles. The van der Waals surface area contributed by atoms with Crippen molar-refractivity contribution in [2.45, 2.75) is 58.5 Å². The predicted octanol–water partition coefficient (Wildman–Crippen LogP) is 3.67. The third-order valence-electron chi connectivity index (χ3n) is 6.78. The predicted molar refractivity (Wildman–Crippen MR) is 113 cm³/mol. The monoisotopic (exact) mass is 412 g/mol. The number of benzene rings is 1. The highest BCUT2D eigenvalue weighted by atomic mass is 19.1. The topological polar surface area (TPSA) is 50.6 Å². The second kappa shape index (κ2) is 7.69. The van der Waals surface area contributed by atoms with Crippen molar-refractivity contribution in [3.63, 3.8) is 0 Å². The highest BCUT2D eigenvalue weighted by Gasteiger charge is 2.33. The van der Waals surface area contributed by atoms with Crippen molar-refractivity contribution in [1.29, 1.82) is 0 Å². The van der Waals surface area contributed by atoms with E-state index in [1.807, 2.05) is 17.9 Å². The lowest BCUT2D eigenvalue weighted by Crippen LogP contribution is -2.36. The number of rotatable bonds is 2. The fourth-order valence-electron chi connectivity index (χ4n) is 5.10. The van der Waals surface area contributed by atoms with Gasteiger partial charge in [-0.2, -0.15) is 5.10 Å². The normalized spacial score (nSPS) is 19.6. The molecule has 0 saturated carbocycles. The van der Waals surface area contributed by atoms with Gasteiger partial charge in [-0.15, -0.1) is 0 Å². The number of amides is 1. The molecular weight excluding hydrogens is 383 g/mol. The van der Waals surface area contributed by atoms with E-state index < -0.39 is 0 Å². The SMILES string of the molecule is CC(=O)N1CCc2c(c(N3CCCc4cc(C)c(F)cc43)nn2C2CCOCC2)C1. The first-order valence-electron chi connectivity index (χ1n) is 11.0. The van der Waals surface area contributed by atoms with Crippen LogP contribution in [0.15, 0.2) is 12.1 Å². The van der Waals surface area contributed by atoms with Crippen molar-refractivity contribution >= 4 is 17.4 Å². The van der Waals surface area contributed by atoms with Crippen molar-refractivity contribution in [2.75, 3.05) is 31.2 Å². The number of halogens is 1. The van der Waals surface area contributed by atoms with Gasteiger partial charge < -0.3 is 14.5 Å². The standard InChI is InChI=1S/C23H29FN4O2/c1-15-12-17-4-3-8-27(22(17)13-20(15)24)23-19-14-26(16(2)29)9-5-21(19)28(25-23)18-6-10-30-11-7-18/h12-13,18H,3-11,14H2,1-2H3. The van der Waals surface area contributed by atoms with Crippen molar-refractivity contribution < 1.29 is 13.9 Å². The fraction of sp³-hybridized carbons (Fsp3) is 0.565. The minimum Gasteiger partial charge on any atom is -0.381 e. The maximum absolute atomic E-state index is 14.5. The van der Waals surface area contributed by atoms with Crippen LogP contribution in [0.25, 0.3) is 0 Å². The number of hydrogen-bond acceptors (Lipinski definition) is 4. The zero-order valence-corrected chi connectivity index (χ0v) is 17.8. The second-order valence-corrected chi connectivity index (χ2v) is 8.71. The molecule has 1 amide bonds. The molecule has 0 N–H and O–H groups in total. The quantitative estimate of drug-likeness (QED) is 0.755. The Bertz CT molecular complexity index is 980. The molecule has 0 radical (unpaired) electrons. The van der Waals surface area contributed by atoms with Gasteiger partial charge in [0.1, 0.15) is 5.82 Å². The van der Waals surface area contributed by atoms with E-state index in [-0.39, 0.29) is 11.7 Å². The molecule has 5 rings (SSSR count). The Morgan fingerprint density at radius 3 is 2.77 bits per heavy atom. The van der Waals surface area contributed by atoms with Gasteiger partial charge in [0.05, 0.1) is 12.6 Å². The van der Waals surface area contributed by atoms with Crippen LogP contribution in [0, 0.1) is 12.7 Å². The van der Waals surface area contributed by atoms with Gasteiger partial charge in [0.15, 0.2) is 5.82 Å². The Morgan fingerprint density at radius 2 is 2.00 bits per heavy atom. The van der Waals surface area contributed by atoms with Gasteiger partial charge in [0.25, 0.3) is 0 Å². The number of hydrogen-bond donors (Lipinski definition) is 0. The van der Waals surface area contributed by atoms with E-state index in [4.69, 9.17) is 9.84 Å². The molecule has 30 heavy (non-hydrogen) atoms. The number of fused-ring (bicyclic) bond motifs is 2. The fourth-order valence-corrected chi connectivity index (χ4v) is 5.10. The third kappa shape index (κ3) is 3.29. The van der Waals surface area contributed by atoms with Gasteiger partial charge in [-0.3, -0.25) is 9.48 Å². The van der Waals surface area contributed by atoms with Crippen LogP contribution in [0.5, 0.6) is 0 Å². The Kier molecular flexibility index (Phi) is 5.01. The summed E-state index contributed by atoms with van der Waals surface area (Å²) in [5.74, 6) is 0.807. The van der Waals surface area contributed by atoms with Crippen LogP contribution in [0.4, 0.5) is 15.9 Å². The maximum Gasteiger partial charge on any atom is 0.219 e. The average Bonchev–Trinajstić information content (AvgIpc) is 3.13. The lowest BCUT2D eigenvalue weighted by molar-refractivity contribution is -0.129. The van der Waals surface area contributed by atoms with Gasteiger partial charge in [0, 0.05) is 56.6 Å². The molecule has 0 spiro atoms. The van der Waals surface area contributed by atoms with Crippen LogP contribution < -0.4 is 4.90 Å². The first kappa shape index (κ1) is 19.5. The smallest absolute Gasteiger partial charge is 0.219 e. The Morgan fingerprint density at radius 1 is 1.20 bits per heavy atom. The number of ether oxygens (including phenoxy) is 1. The highest BCUT2D eigenvalue weighted by molar-refractivity contribution is 5.75. The van der Waals surface area contributed by atoms with Crippen LogP contribution in [0.3, 0.4) is 0 Å². The van der Waals surface area contributed by atoms with Crippen LogP contribution >= 0.6 is 0 Å². The summed E-state index contributed by atoms with van der Waals surface area (Å²) in [5, 5.41) is 5.11. The van der Waals surface area contributed by atoms with Crippen LogP contribution in [0.1, 0.15) is 54.6 Å². The van der Waals surface area contributed by atoms with E-state index in [1.54, 1.807) is 13.0 Å². The molecule has 0 bridgehead atoms. The molecule has 1 fully saturated rings. The van der Waals surface area contributed by atoms with Crippen molar-refractivity contribution in [3.8, 4) is 0 Å². The molecule has 160 valence electrons. The molecule has 6 nitrogen and oxygen atoms in total. The Balaban J connectivity index is 1.61. The molecule has 0 aliphatic carbocycles. The number of carbonyl (C=O) groups is 1. The lowest BCUT2D eigenvalue weighted by atomic mass is 9.98. The summed E-state index contributed by atoms with van der Waals surface area (Å²) < 4.78 is 22.2. The summed E-state index contributed by atoms with van der Waals surface area (Å²) in [6.07, 6.45) is 4.67. The molecule has 1 aromatic carbocycles. The molecule has 3 aliphatic rings. The zero-order chi connectivity index (χ0) is 20.8. The molecule has 1 saturated heterocycles. The van der Waals surface area contributed by atoms with Crippen LogP contribution in [0.2, 0.25) is 0 Å². The number of carbonyl (C=O) groups excluding carboxylic acids is 1. The minimum atomic E-state index is -0.177. The van der Waals surface area contributed by atoms with Crippen LogP contribution in [-0.2, 0) is 28.9 Å². The second-order valence-electron chi connectivity index (χ2n) is 8.71. The summed E-state index contributed by atoms with van der Waals surface area (Å²) in [5.41, 5.74) is 5.14. The largest absolute Gasteiger partial charge is 0.381 e. The Labute approximate surface area is 176 Å². The molecule has 0 unspecified atom stereocenters. The summed E-state index contributed by atoms with van der Waals surface area (Å²) in [4.78, 5) is 16.2. The van der Waals surface area contributed by atoms with E-state index >= 15 is 0 Å². The number of anilines is 2. The number of aryl methyl sites for hydroxylation is 2. The van der Waals surface area contributed by atoms with E-state index in [1.165, 1.54) is 11.3 Å². The van der Waals surface area contributed by atoms with E-state index in [2.05, 4.69) is 9.58 Å². The summed E-state index contributed by atoms with van der Waals surface area (Å²) >= 11 is 0. The maximum atomic E-state index is 14.5. The highest BCUT2D eigenvalue weighted by Crippen LogP contribution is 2.40. The molecule has 3 aliphatic heterocycles. The number of nitrogens with zero attached hydrogens (tertiary/aromatic N) is 4. The van der Waals surface area contributed by atoms with Gasteiger partial charge in [0.2, 0.25) is 5.91 Å². The van der Waals surface area contributed by atoms with Crippen molar-refractivity contribution in [2.24, 2.45) is 0 Å². The molecule has 7 heteroatoms. The van der Waals surface area contributed by atoms with Gasteiger partial charge in [-0.05, 0) is 49.8 Å². The van der Waals surface area contributed by atoms with E-state index in [9.17, 15) is 9.18 Å². The van der Waals surface area contributed by atoms with Gasteiger partial charge in [-0.25, -0.2) is 4.39 Å². The first-order chi connectivity index (χ1) is 14.5. The first-order valence-corrected chi connectivity index (χ1v) is 11.0. The molecule has 1 aromatic heterocycles. The van der Waals surface area contributed by atoms with E-state index in [0.717, 1.165) is 75.5 Å². The van der Waals surface area contributed by atoms with Gasteiger partial charge >= 0.3 is 0 Å². The average molecular weight is 413 g/mol. The summed E-state index contributed by atoms with van der Waals surface area (Å²) in [6.45, 7) is 7.07. The van der Waals surface area contributed by atoms with E-state index in [0.29, 0.717) is 18.2 Å². The summed E-state index contributed by atoms with van der Waals surface area (Å²) in [7, 11) is 0. The third-order valence-corrected chi connectivity index (χ3v) is 6.78. The Hall–Kier alpha value is -2.41. The van der Waals surface area contributed by atoms with Gasteiger partial charge in [-0.1, -0.05) is 6.07 Å². The molecule has 0 atom stereocenters. The lowest BCUT2D eigenvalue weighted by Gasteiger charge is -2.32. The molecule has 2 aromatic rings. The zero-order valence-electron chi connectivity index (χ0n) is 17.8.